The molecule has 0 aliphatic heterocycles. The number of benzene rings is 1. The zero-order valence-electron chi connectivity index (χ0n) is 8.55. The topological polar surface area (TPSA) is 22.1 Å². The number of hydrogen-bond acceptors (Lipinski definition) is 2. The van der Waals surface area contributed by atoms with Crippen LogP contribution in [0.25, 0.3) is 0 Å². The van der Waals surface area contributed by atoms with Gasteiger partial charge in [0, 0.05) is 10.5 Å². The first kappa shape index (κ1) is 13.4. The minimum Gasteiger partial charge on any atom is -0.435 e. The summed E-state index contributed by atoms with van der Waals surface area (Å²) in [6.45, 7) is 0. The number of ether oxygens (including phenoxy) is 1. The van der Waals surface area contributed by atoms with Gasteiger partial charge in [0.25, 0.3) is 11.8 Å². The molecule has 0 radical (unpaired) electrons. The highest BCUT2D eigenvalue weighted by atomic mass is 79.9. The third kappa shape index (κ3) is 2.84. The second-order valence-corrected chi connectivity index (χ2v) is 4.99. The Morgan fingerprint density at radius 3 is 2.39 bits per heavy atom. The van der Waals surface area contributed by atoms with E-state index in [2.05, 4.69) is 36.8 Å². The molecule has 0 atom stereocenters. The zero-order chi connectivity index (χ0) is 13.3. The quantitative estimate of drug-likeness (QED) is 0.695. The molecular weight excluding hydrogens is 379 g/mol. The first-order valence-electron chi connectivity index (χ1n) is 4.62. The molecule has 7 heteroatoms. The van der Waals surface area contributed by atoms with E-state index in [1.807, 2.05) is 0 Å². The van der Waals surface area contributed by atoms with Crippen LogP contribution < -0.4 is 4.74 Å². The van der Waals surface area contributed by atoms with Crippen molar-refractivity contribution in [2.75, 3.05) is 0 Å². The molecule has 1 aromatic heterocycles. The average Bonchev–Trinajstić information content (AvgIpc) is 2.29. The van der Waals surface area contributed by atoms with E-state index in [0.29, 0.717) is 10.5 Å². The molecular formula is C11H4Br2F3NO. The number of nitrogens with zero attached hydrogens (tertiary/aromatic N) is 1. The summed E-state index contributed by atoms with van der Waals surface area (Å²) in [7, 11) is 0. The monoisotopic (exact) mass is 381 g/mol. The molecule has 0 aliphatic rings. The Bertz CT molecular complexity index is 607. The smallest absolute Gasteiger partial charge is 0.258 e. The van der Waals surface area contributed by atoms with Gasteiger partial charge in [-0.25, -0.2) is 8.78 Å². The molecule has 0 spiro atoms. The Morgan fingerprint density at radius 2 is 1.72 bits per heavy atom. The van der Waals surface area contributed by atoms with Gasteiger partial charge in [-0.1, -0.05) is 15.9 Å². The average molecular weight is 383 g/mol. The third-order valence-electron chi connectivity index (χ3n) is 1.96. The van der Waals surface area contributed by atoms with Gasteiger partial charge in [0.2, 0.25) is 0 Å². The summed E-state index contributed by atoms with van der Waals surface area (Å²) in [5.74, 6) is -4.26. The van der Waals surface area contributed by atoms with Crippen molar-refractivity contribution in [2.24, 2.45) is 0 Å². The molecule has 18 heavy (non-hydrogen) atoms. The van der Waals surface area contributed by atoms with E-state index in [9.17, 15) is 13.2 Å². The molecule has 0 unspecified atom stereocenters. The van der Waals surface area contributed by atoms with Crippen LogP contribution in [0.4, 0.5) is 13.2 Å². The summed E-state index contributed by atoms with van der Waals surface area (Å²) >= 11 is 6.42. The fraction of sp³-hybridized carbons (Fsp3) is 0. The lowest BCUT2D eigenvalue weighted by Gasteiger charge is -2.08. The molecule has 0 saturated heterocycles. The normalized spacial score (nSPS) is 10.5. The lowest BCUT2D eigenvalue weighted by Crippen LogP contribution is -1.98. The van der Waals surface area contributed by atoms with E-state index >= 15 is 0 Å². The van der Waals surface area contributed by atoms with Crippen molar-refractivity contribution in [3.63, 3.8) is 0 Å². The first-order chi connectivity index (χ1) is 8.47. The van der Waals surface area contributed by atoms with Gasteiger partial charge in [-0.2, -0.15) is 9.37 Å². The lowest BCUT2D eigenvalue weighted by molar-refractivity contribution is 0.385. The second kappa shape index (κ2) is 5.27. The zero-order valence-corrected chi connectivity index (χ0v) is 11.7. The molecule has 0 aliphatic carbocycles. The maximum atomic E-state index is 13.3. The highest BCUT2D eigenvalue weighted by molar-refractivity contribution is 9.11. The minimum absolute atomic E-state index is 0.232. The number of aromatic nitrogens is 1. The van der Waals surface area contributed by atoms with Gasteiger partial charge in [-0.3, -0.25) is 0 Å². The third-order valence-corrected chi connectivity index (χ3v) is 3.07. The number of hydrogen-bond donors (Lipinski definition) is 0. The molecule has 0 saturated carbocycles. The lowest BCUT2D eigenvalue weighted by atomic mass is 10.3. The Morgan fingerprint density at radius 1 is 1.00 bits per heavy atom. The standard InChI is InChI=1S/C11H4Br2F3NO/c12-5-1-2-9(6(13)3-5)18-11-8(15)4-7(14)10(16)17-11/h1-4H. The van der Waals surface area contributed by atoms with Crippen molar-refractivity contribution in [3.05, 3.63) is 50.8 Å². The number of rotatable bonds is 2. The fourth-order valence-corrected chi connectivity index (χ4v) is 2.29. The Labute approximate surface area is 117 Å². The van der Waals surface area contributed by atoms with Crippen LogP contribution in [0, 0.1) is 17.6 Å². The van der Waals surface area contributed by atoms with Gasteiger partial charge >= 0.3 is 0 Å². The van der Waals surface area contributed by atoms with E-state index in [-0.39, 0.29) is 5.75 Å². The molecule has 2 aromatic rings. The van der Waals surface area contributed by atoms with E-state index in [1.54, 1.807) is 12.1 Å². The van der Waals surface area contributed by atoms with Gasteiger partial charge in [-0.05, 0) is 34.1 Å². The van der Waals surface area contributed by atoms with Crippen LogP contribution in [0.3, 0.4) is 0 Å². The molecule has 0 amide bonds. The van der Waals surface area contributed by atoms with Gasteiger partial charge in [0.05, 0.1) is 4.47 Å². The first-order valence-corrected chi connectivity index (χ1v) is 6.20. The Kier molecular flexibility index (Phi) is 3.91. The summed E-state index contributed by atoms with van der Waals surface area (Å²) in [6.07, 6.45) is 0. The SMILES string of the molecule is Fc1cc(F)c(Oc2ccc(Br)cc2Br)nc1F. The van der Waals surface area contributed by atoms with E-state index in [1.165, 1.54) is 6.07 Å². The molecule has 94 valence electrons. The van der Waals surface area contributed by atoms with Crippen LogP contribution in [0.2, 0.25) is 0 Å². The van der Waals surface area contributed by atoms with Crippen molar-refractivity contribution in [3.8, 4) is 11.6 Å². The van der Waals surface area contributed by atoms with E-state index in [4.69, 9.17) is 4.74 Å². The van der Waals surface area contributed by atoms with Crippen LogP contribution in [0.1, 0.15) is 0 Å². The highest BCUT2D eigenvalue weighted by Crippen LogP contribution is 2.32. The maximum absolute atomic E-state index is 13.3. The van der Waals surface area contributed by atoms with E-state index < -0.39 is 23.5 Å². The summed E-state index contributed by atoms with van der Waals surface area (Å²) in [5.41, 5.74) is 0. The largest absolute Gasteiger partial charge is 0.435 e. The van der Waals surface area contributed by atoms with Gasteiger partial charge in [0.15, 0.2) is 11.6 Å². The predicted octanol–water partition coefficient (Wildman–Crippen LogP) is 4.82. The summed E-state index contributed by atoms with van der Waals surface area (Å²) in [4.78, 5) is 3.06. The molecule has 0 N–H and O–H groups in total. The molecule has 1 aromatic carbocycles. The fourth-order valence-electron chi connectivity index (χ4n) is 1.16. The Hall–Kier alpha value is -1.08. The predicted molar refractivity (Wildman–Crippen MR) is 66.0 cm³/mol. The van der Waals surface area contributed by atoms with Crippen LogP contribution in [0.15, 0.2) is 33.2 Å². The molecule has 2 rings (SSSR count). The highest BCUT2D eigenvalue weighted by Gasteiger charge is 2.14. The van der Waals surface area contributed by atoms with Gasteiger partial charge in [0.1, 0.15) is 5.75 Å². The van der Waals surface area contributed by atoms with E-state index in [0.717, 1.165) is 4.47 Å². The van der Waals surface area contributed by atoms with Crippen molar-refractivity contribution in [1.82, 2.24) is 4.98 Å². The van der Waals surface area contributed by atoms with Crippen LogP contribution in [0.5, 0.6) is 11.6 Å². The number of pyridine rings is 1. The van der Waals surface area contributed by atoms with Crippen LogP contribution in [-0.4, -0.2) is 4.98 Å². The molecule has 0 fully saturated rings. The Balaban J connectivity index is 2.37. The minimum atomic E-state index is -1.42. The molecule has 2 nitrogen and oxygen atoms in total. The summed E-state index contributed by atoms with van der Waals surface area (Å²) < 4.78 is 45.2. The molecule has 0 bridgehead atoms. The van der Waals surface area contributed by atoms with Crippen molar-refractivity contribution < 1.29 is 17.9 Å². The number of halogens is 5. The van der Waals surface area contributed by atoms with Crippen LogP contribution >= 0.6 is 31.9 Å². The van der Waals surface area contributed by atoms with Crippen molar-refractivity contribution in [2.45, 2.75) is 0 Å². The van der Waals surface area contributed by atoms with Gasteiger partial charge < -0.3 is 4.74 Å². The maximum Gasteiger partial charge on any atom is 0.258 e. The summed E-state index contributed by atoms with van der Waals surface area (Å²) in [6, 6.07) is 5.21. The summed E-state index contributed by atoms with van der Waals surface area (Å²) in [5, 5.41) is 0. The van der Waals surface area contributed by atoms with Crippen molar-refractivity contribution in [1.29, 1.82) is 0 Å². The van der Waals surface area contributed by atoms with Crippen molar-refractivity contribution >= 4 is 31.9 Å². The van der Waals surface area contributed by atoms with Gasteiger partial charge in [-0.15, -0.1) is 0 Å². The second-order valence-electron chi connectivity index (χ2n) is 3.22. The van der Waals surface area contributed by atoms with Crippen LogP contribution in [-0.2, 0) is 0 Å². The molecule has 1 heterocycles.